The van der Waals surface area contributed by atoms with Crippen LogP contribution < -0.4 is 36.4 Å². The second-order valence-electron chi connectivity index (χ2n) is 11.6. The summed E-state index contributed by atoms with van der Waals surface area (Å²) in [5, 5.41) is 2.90. The predicted octanol–water partition coefficient (Wildman–Crippen LogP) is 5.98. The number of para-hydroxylation sites is 5. The van der Waals surface area contributed by atoms with Crippen LogP contribution in [0.2, 0.25) is 13.1 Å². The average molecular weight is 557 g/mol. The summed E-state index contributed by atoms with van der Waals surface area (Å²) in [7, 11) is -1.89. The fourth-order valence-corrected chi connectivity index (χ4v) is 9.91. The Kier molecular flexibility index (Phi) is 5.69. The third-order valence-corrected chi connectivity index (χ3v) is 12.4. The molecular formula is C37H29BN2OSi. The first kappa shape index (κ1) is 24.9. The minimum absolute atomic E-state index is 0.00447. The van der Waals surface area contributed by atoms with Gasteiger partial charge in [0.25, 0.3) is 6.71 Å². The van der Waals surface area contributed by atoms with Gasteiger partial charge in [-0.05, 0) is 63.2 Å². The summed E-state index contributed by atoms with van der Waals surface area (Å²) in [6.45, 7) is 4.92. The molecule has 3 heterocycles. The minimum Gasteiger partial charge on any atom is -0.458 e. The predicted molar refractivity (Wildman–Crippen MR) is 179 cm³/mol. The van der Waals surface area contributed by atoms with Crippen LogP contribution in [0.3, 0.4) is 0 Å². The molecule has 8 rings (SSSR count). The first-order valence-corrected chi connectivity index (χ1v) is 17.5. The highest BCUT2D eigenvalue weighted by Gasteiger charge is 2.39. The van der Waals surface area contributed by atoms with E-state index >= 15 is 0 Å². The fraction of sp³-hybridized carbons (Fsp3) is 0.0541. The molecule has 0 saturated carbocycles. The zero-order valence-electron chi connectivity index (χ0n) is 23.7. The Bertz CT molecular complexity index is 1890. The maximum atomic E-state index is 6.37. The molecule has 0 spiro atoms. The van der Waals surface area contributed by atoms with Crippen molar-refractivity contribution >= 4 is 58.6 Å². The number of anilines is 3. The quantitative estimate of drug-likeness (QED) is 0.251. The Hall–Kier alpha value is -4.87. The van der Waals surface area contributed by atoms with Crippen LogP contribution in [0.5, 0.6) is 11.5 Å². The standard InChI is InChI=1S/C37H29BN2OSi/c1-42(2)35-23-11-7-19-31(35)40(32-20-8-12-24-36(32)42)30-18-6-3-14-26(30)37-29(17-13-25-39-37)38-27-15-4-9-21-33(27)41-34-22-10-5-16-28(34)38/h3-25H,1-2H3. The summed E-state index contributed by atoms with van der Waals surface area (Å²) in [5.41, 5.74) is 9.24. The van der Waals surface area contributed by atoms with Crippen LogP contribution in [0.15, 0.2) is 140 Å². The summed E-state index contributed by atoms with van der Waals surface area (Å²) >= 11 is 0. The SMILES string of the molecule is C[Si]1(C)c2ccccc2N(c2ccccc2-c2ncccc2B2c3ccccc3Oc3ccccc32)c2ccccc21. The van der Waals surface area contributed by atoms with Gasteiger partial charge in [0.1, 0.15) is 19.6 Å². The van der Waals surface area contributed by atoms with Crippen molar-refractivity contribution < 1.29 is 4.74 Å². The van der Waals surface area contributed by atoms with E-state index in [1.165, 1.54) is 27.2 Å². The van der Waals surface area contributed by atoms with Crippen molar-refractivity contribution in [3.63, 3.8) is 0 Å². The average Bonchev–Trinajstić information content (AvgIpc) is 3.04. The second-order valence-corrected chi connectivity index (χ2v) is 15.9. The Labute approximate surface area is 248 Å². The van der Waals surface area contributed by atoms with Crippen LogP contribution in [0.25, 0.3) is 11.3 Å². The Morgan fingerprint density at radius 3 is 1.69 bits per heavy atom. The third-order valence-electron chi connectivity index (χ3n) is 8.87. The maximum absolute atomic E-state index is 6.37. The zero-order chi connectivity index (χ0) is 28.3. The van der Waals surface area contributed by atoms with Gasteiger partial charge in [0, 0.05) is 23.1 Å². The first-order chi connectivity index (χ1) is 20.6. The van der Waals surface area contributed by atoms with E-state index in [-0.39, 0.29) is 6.71 Å². The van der Waals surface area contributed by atoms with Crippen molar-refractivity contribution in [1.82, 2.24) is 4.98 Å². The first-order valence-electron chi connectivity index (χ1n) is 14.5. The lowest BCUT2D eigenvalue weighted by Gasteiger charge is -2.41. The molecule has 3 nitrogen and oxygen atoms in total. The van der Waals surface area contributed by atoms with Crippen molar-refractivity contribution in [2.75, 3.05) is 4.90 Å². The van der Waals surface area contributed by atoms with Gasteiger partial charge >= 0.3 is 0 Å². The van der Waals surface area contributed by atoms with Crippen molar-refractivity contribution in [2.45, 2.75) is 13.1 Å². The van der Waals surface area contributed by atoms with Crippen molar-refractivity contribution in [1.29, 1.82) is 0 Å². The maximum Gasteiger partial charge on any atom is 0.253 e. The molecule has 0 radical (unpaired) electrons. The highest BCUT2D eigenvalue weighted by atomic mass is 28.3. The van der Waals surface area contributed by atoms with Gasteiger partial charge in [-0.25, -0.2) is 0 Å². The fourth-order valence-electron chi connectivity index (χ4n) is 6.92. The van der Waals surface area contributed by atoms with E-state index in [2.05, 4.69) is 139 Å². The topological polar surface area (TPSA) is 25.4 Å². The molecule has 5 aromatic carbocycles. The van der Waals surface area contributed by atoms with Crippen LogP contribution in [0.1, 0.15) is 0 Å². The molecule has 6 aromatic rings. The van der Waals surface area contributed by atoms with E-state index < -0.39 is 8.07 Å². The van der Waals surface area contributed by atoms with Crippen molar-refractivity contribution in [3.05, 3.63) is 140 Å². The van der Waals surface area contributed by atoms with E-state index in [9.17, 15) is 0 Å². The lowest BCUT2D eigenvalue weighted by Crippen LogP contribution is -2.58. The lowest BCUT2D eigenvalue weighted by atomic mass is 9.35. The summed E-state index contributed by atoms with van der Waals surface area (Å²) < 4.78 is 6.37. The minimum atomic E-state index is -1.89. The normalized spacial score (nSPS) is 14.2. The molecule has 0 aliphatic carbocycles. The highest BCUT2D eigenvalue weighted by molar-refractivity contribution is 7.02. The van der Waals surface area contributed by atoms with Crippen LogP contribution in [0, 0.1) is 0 Å². The van der Waals surface area contributed by atoms with Crippen molar-refractivity contribution in [3.8, 4) is 22.8 Å². The largest absolute Gasteiger partial charge is 0.458 e. The van der Waals surface area contributed by atoms with Gasteiger partial charge < -0.3 is 9.64 Å². The molecule has 0 saturated heterocycles. The number of nitrogens with zero attached hydrogens (tertiary/aromatic N) is 2. The molecular weight excluding hydrogens is 527 g/mol. The van der Waals surface area contributed by atoms with Crippen LogP contribution in [-0.4, -0.2) is 19.8 Å². The molecule has 0 bridgehead atoms. The molecule has 0 N–H and O–H groups in total. The summed E-state index contributed by atoms with van der Waals surface area (Å²) in [6, 6.07) is 47.7. The van der Waals surface area contributed by atoms with Crippen LogP contribution >= 0.6 is 0 Å². The van der Waals surface area contributed by atoms with E-state index in [1.54, 1.807) is 0 Å². The molecule has 0 atom stereocenters. The monoisotopic (exact) mass is 556 g/mol. The third kappa shape index (κ3) is 3.70. The molecule has 0 unspecified atom stereocenters. The van der Waals surface area contributed by atoms with Gasteiger partial charge in [0.05, 0.1) is 11.4 Å². The molecule has 200 valence electrons. The van der Waals surface area contributed by atoms with E-state index in [0.717, 1.165) is 39.4 Å². The number of benzene rings is 5. The number of fused-ring (bicyclic) bond motifs is 4. The smallest absolute Gasteiger partial charge is 0.253 e. The highest BCUT2D eigenvalue weighted by Crippen LogP contribution is 2.42. The molecule has 5 heteroatoms. The van der Waals surface area contributed by atoms with E-state index in [4.69, 9.17) is 9.72 Å². The molecule has 1 aromatic heterocycles. The zero-order valence-corrected chi connectivity index (χ0v) is 24.7. The summed E-state index contributed by atoms with van der Waals surface area (Å²) in [6.07, 6.45) is 1.92. The number of aromatic nitrogens is 1. The number of hydrogen-bond donors (Lipinski definition) is 0. The summed E-state index contributed by atoms with van der Waals surface area (Å²) in [5.74, 6) is 1.80. The molecule has 0 fully saturated rings. The number of ether oxygens (including phenoxy) is 1. The molecule has 42 heavy (non-hydrogen) atoms. The number of hydrogen-bond acceptors (Lipinski definition) is 3. The van der Waals surface area contributed by atoms with Gasteiger partial charge in [-0.15, -0.1) is 0 Å². The van der Waals surface area contributed by atoms with Gasteiger partial charge in [0.2, 0.25) is 0 Å². The molecule has 2 aliphatic rings. The molecule has 2 aliphatic heterocycles. The Morgan fingerprint density at radius 2 is 1.05 bits per heavy atom. The Balaban J connectivity index is 1.38. The number of pyridine rings is 1. The van der Waals surface area contributed by atoms with Crippen LogP contribution in [-0.2, 0) is 0 Å². The second kappa shape index (κ2) is 9.61. The van der Waals surface area contributed by atoms with E-state index in [0.29, 0.717) is 0 Å². The van der Waals surface area contributed by atoms with Gasteiger partial charge in [-0.3, -0.25) is 4.98 Å². The summed E-state index contributed by atoms with van der Waals surface area (Å²) in [4.78, 5) is 7.57. The van der Waals surface area contributed by atoms with E-state index in [1.807, 2.05) is 18.3 Å². The lowest BCUT2D eigenvalue weighted by molar-refractivity contribution is 0.487. The van der Waals surface area contributed by atoms with Crippen molar-refractivity contribution in [2.24, 2.45) is 0 Å². The van der Waals surface area contributed by atoms with Gasteiger partial charge in [-0.2, -0.15) is 0 Å². The van der Waals surface area contributed by atoms with Gasteiger partial charge in [-0.1, -0.05) is 110 Å². The number of rotatable bonds is 3. The molecule has 0 amide bonds. The Morgan fingerprint density at radius 1 is 0.548 bits per heavy atom. The van der Waals surface area contributed by atoms with Crippen LogP contribution in [0.4, 0.5) is 17.1 Å². The van der Waals surface area contributed by atoms with Gasteiger partial charge in [0.15, 0.2) is 0 Å².